The second-order valence-corrected chi connectivity index (χ2v) is 7.98. The highest BCUT2D eigenvalue weighted by atomic mass is 79.9. The van der Waals surface area contributed by atoms with Gasteiger partial charge in [-0.1, -0.05) is 6.92 Å². The molecule has 0 aliphatic rings. The molecule has 1 heterocycles. The zero-order valence-corrected chi connectivity index (χ0v) is 12.4. The van der Waals surface area contributed by atoms with Crippen molar-refractivity contribution in [1.29, 1.82) is 0 Å². The molecule has 0 spiro atoms. The van der Waals surface area contributed by atoms with Crippen LogP contribution in [-0.2, 0) is 9.84 Å². The van der Waals surface area contributed by atoms with Crippen molar-refractivity contribution < 1.29 is 8.42 Å². The van der Waals surface area contributed by atoms with E-state index < -0.39 is 9.84 Å². The first-order chi connectivity index (χ1) is 7.44. The van der Waals surface area contributed by atoms with Gasteiger partial charge >= 0.3 is 0 Å². The Bertz CT molecular complexity index is 428. The monoisotopic (exact) mass is 325 g/mol. The van der Waals surface area contributed by atoms with E-state index in [1.807, 2.05) is 11.4 Å². The Balaban J connectivity index is 2.39. The summed E-state index contributed by atoms with van der Waals surface area (Å²) in [7, 11) is -2.85. The van der Waals surface area contributed by atoms with E-state index in [0.717, 1.165) is 9.35 Å². The lowest BCUT2D eigenvalue weighted by molar-refractivity contribution is 0.585. The topological polar surface area (TPSA) is 60.2 Å². The van der Waals surface area contributed by atoms with Crippen LogP contribution in [0.25, 0.3) is 0 Å². The number of thiophene rings is 1. The minimum atomic E-state index is -2.85. The number of hydrogen-bond donors (Lipinski definition) is 1. The van der Waals surface area contributed by atoms with Gasteiger partial charge in [0.25, 0.3) is 0 Å². The Morgan fingerprint density at radius 2 is 2.25 bits per heavy atom. The Morgan fingerprint density at radius 1 is 1.56 bits per heavy atom. The van der Waals surface area contributed by atoms with E-state index in [9.17, 15) is 8.42 Å². The summed E-state index contributed by atoms with van der Waals surface area (Å²) in [5.74, 6) is 0.455. The number of rotatable bonds is 6. The number of hydrogen-bond acceptors (Lipinski definition) is 4. The molecule has 1 atom stereocenters. The average Bonchev–Trinajstić information content (AvgIpc) is 2.64. The van der Waals surface area contributed by atoms with Crippen molar-refractivity contribution >= 4 is 37.1 Å². The maximum atomic E-state index is 11.3. The number of nitrogens with two attached hydrogens (primary N) is 1. The fourth-order valence-corrected chi connectivity index (χ4v) is 3.71. The average molecular weight is 326 g/mol. The number of sulfone groups is 1. The van der Waals surface area contributed by atoms with E-state index in [1.54, 1.807) is 18.3 Å². The second-order valence-electron chi connectivity index (χ2n) is 3.65. The van der Waals surface area contributed by atoms with Crippen molar-refractivity contribution in [3.05, 3.63) is 20.8 Å². The van der Waals surface area contributed by atoms with E-state index >= 15 is 0 Å². The summed E-state index contributed by atoms with van der Waals surface area (Å²) in [6.07, 6.45) is 1.35. The molecule has 0 radical (unpaired) electrons. The molecule has 1 unspecified atom stereocenters. The van der Waals surface area contributed by atoms with Crippen molar-refractivity contribution in [2.45, 2.75) is 25.8 Å². The van der Waals surface area contributed by atoms with Gasteiger partial charge in [0.2, 0.25) is 0 Å². The van der Waals surface area contributed by atoms with Gasteiger partial charge in [-0.05, 0) is 34.8 Å². The van der Waals surface area contributed by atoms with Crippen LogP contribution in [0.5, 0.6) is 0 Å². The zero-order valence-electron chi connectivity index (χ0n) is 9.15. The minimum Gasteiger partial charge on any atom is -0.323 e. The van der Waals surface area contributed by atoms with Crippen LogP contribution in [0.2, 0.25) is 0 Å². The summed E-state index contributed by atoms with van der Waals surface area (Å²) in [6.45, 7) is 1.67. The van der Waals surface area contributed by atoms with E-state index in [4.69, 9.17) is 5.73 Å². The molecule has 2 N–H and O–H groups in total. The standard InChI is InChI=1S/C10H16BrNO2S2/c1-2-16(13,14)5-3-4-9(12)10-6-8(11)7-15-10/h6-7,9H,2-5,12H2,1H3. The Labute approximate surface area is 109 Å². The predicted octanol–water partition coefficient (Wildman–Crippen LogP) is 2.73. The highest BCUT2D eigenvalue weighted by Crippen LogP contribution is 2.26. The van der Waals surface area contributed by atoms with Gasteiger partial charge in [-0.2, -0.15) is 0 Å². The fourth-order valence-electron chi connectivity index (χ4n) is 1.33. The SMILES string of the molecule is CCS(=O)(=O)CCCC(N)c1cc(Br)cs1. The molecule has 0 fully saturated rings. The van der Waals surface area contributed by atoms with E-state index in [2.05, 4.69) is 15.9 Å². The van der Waals surface area contributed by atoms with Gasteiger partial charge in [-0.25, -0.2) is 8.42 Å². The molecule has 0 aliphatic carbocycles. The Morgan fingerprint density at radius 3 is 2.75 bits per heavy atom. The van der Waals surface area contributed by atoms with E-state index in [0.29, 0.717) is 12.8 Å². The third-order valence-electron chi connectivity index (χ3n) is 2.36. The lowest BCUT2D eigenvalue weighted by Gasteiger charge is -2.08. The third kappa shape index (κ3) is 4.53. The van der Waals surface area contributed by atoms with Crippen LogP contribution < -0.4 is 5.73 Å². The predicted molar refractivity (Wildman–Crippen MR) is 72.5 cm³/mol. The number of halogens is 1. The van der Waals surface area contributed by atoms with Crippen molar-refractivity contribution in [1.82, 2.24) is 0 Å². The first kappa shape index (κ1) is 14.2. The molecule has 1 rings (SSSR count). The molecule has 92 valence electrons. The molecule has 0 bridgehead atoms. The van der Waals surface area contributed by atoms with Crippen LogP contribution in [0.15, 0.2) is 15.9 Å². The second kappa shape index (κ2) is 6.14. The first-order valence-electron chi connectivity index (χ1n) is 5.14. The molecule has 0 amide bonds. The molecule has 3 nitrogen and oxygen atoms in total. The van der Waals surface area contributed by atoms with Crippen molar-refractivity contribution in [3.8, 4) is 0 Å². The highest BCUT2D eigenvalue weighted by Gasteiger charge is 2.11. The molecule has 6 heteroatoms. The molecular weight excluding hydrogens is 310 g/mol. The quantitative estimate of drug-likeness (QED) is 0.874. The van der Waals surface area contributed by atoms with Gasteiger partial charge in [0.15, 0.2) is 0 Å². The summed E-state index contributed by atoms with van der Waals surface area (Å²) in [5, 5.41) is 1.98. The molecule has 16 heavy (non-hydrogen) atoms. The van der Waals surface area contributed by atoms with Crippen LogP contribution >= 0.6 is 27.3 Å². The molecule has 0 saturated heterocycles. The van der Waals surface area contributed by atoms with Gasteiger partial charge in [0, 0.05) is 26.5 Å². The Kier molecular flexibility index (Phi) is 5.43. The first-order valence-corrected chi connectivity index (χ1v) is 8.64. The van der Waals surface area contributed by atoms with Crippen molar-refractivity contribution in [2.75, 3.05) is 11.5 Å². The molecule has 0 aliphatic heterocycles. The third-order valence-corrected chi connectivity index (χ3v) is 5.98. The maximum absolute atomic E-state index is 11.3. The molecular formula is C10H16BrNO2S2. The van der Waals surface area contributed by atoms with Crippen molar-refractivity contribution in [2.24, 2.45) is 5.73 Å². The van der Waals surface area contributed by atoms with Crippen LogP contribution in [0, 0.1) is 0 Å². The van der Waals surface area contributed by atoms with Crippen LogP contribution in [0.1, 0.15) is 30.7 Å². The molecule has 1 aromatic rings. The van der Waals surface area contributed by atoms with Crippen molar-refractivity contribution in [3.63, 3.8) is 0 Å². The summed E-state index contributed by atoms with van der Waals surface area (Å²) in [4.78, 5) is 1.10. The van der Waals surface area contributed by atoms with E-state index in [-0.39, 0.29) is 17.5 Å². The lowest BCUT2D eigenvalue weighted by atomic mass is 10.1. The maximum Gasteiger partial charge on any atom is 0.150 e. The molecule has 0 aromatic carbocycles. The molecule has 0 saturated carbocycles. The highest BCUT2D eigenvalue weighted by molar-refractivity contribution is 9.10. The van der Waals surface area contributed by atoms with Crippen LogP contribution in [0.4, 0.5) is 0 Å². The summed E-state index contributed by atoms with van der Waals surface area (Å²) < 4.78 is 23.6. The fraction of sp³-hybridized carbons (Fsp3) is 0.600. The largest absolute Gasteiger partial charge is 0.323 e. The Hall–Kier alpha value is 0.0900. The van der Waals surface area contributed by atoms with Gasteiger partial charge in [-0.15, -0.1) is 11.3 Å². The van der Waals surface area contributed by atoms with Gasteiger partial charge in [0.1, 0.15) is 9.84 Å². The van der Waals surface area contributed by atoms with Crippen LogP contribution in [-0.4, -0.2) is 19.9 Å². The summed E-state index contributed by atoms with van der Waals surface area (Å²) in [6, 6.07) is 1.94. The lowest BCUT2D eigenvalue weighted by Crippen LogP contribution is -2.13. The smallest absolute Gasteiger partial charge is 0.150 e. The van der Waals surface area contributed by atoms with Gasteiger partial charge in [0.05, 0.1) is 5.75 Å². The van der Waals surface area contributed by atoms with Gasteiger partial charge in [-0.3, -0.25) is 0 Å². The van der Waals surface area contributed by atoms with Crippen LogP contribution in [0.3, 0.4) is 0 Å². The van der Waals surface area contributed by atoms with E-state index in [1.165, 1.54) is 0 Å². The zero-order chi connectivity index (χ0) is 12.2. The summed E-state index contributed by atoms with van der Waals surface area (Å²) in [5.41, 5.74) is 5.97. The van der Waals surface area contributed by atoms with Gasteiger partial charge < -0.3 is 5.73 Å². The summed E-state index contributed by atoms with van der Waals surface area (Å²) >= 11 is 4.97. The normalized spacial score (nSPS) is 13.9. The minimum absolute atomic E-state index is 0.0524. The molecule has 1 aromatic heterocycles.